The average molecular weight is 270 g/mol. The SMILES string of the molecule is COC1CCC(Nc2ccc(C)c3ncccc23)CC1. The first-order valence-electron chi connectivity index (χ1n) is 7.41. The molecule has 2 aromatic rings. The molecule has 20 heavy (non-hydrogen) atoms. The monoisotopic (exact) mass is 270 g/mol. The summed E-state index contributed by atoms with van der Waals surface area (Å²) in [7, 11) is 1.82. The number of hydrogen-bond donors (Lipinski definition) is 1. The van der Waals surface area contributed by atoms with Gasteiger partial charge in [-0.1, -0.05) is 6.07 Å². The lowest BCUT2D eigenvalue weighted by Crippen LogP contribution is -2.29. The first-order chi connectivity index (χ1) is 9.78. The highest BCUT2D eigenvalue weighted by Crippen LogP contribution is 2.28. The van der Waals surface area contributed by atoms with Gasteiger partial charge in [0.2, 0.25) is 0 Å². The predicted octanol–water partition coefficient (Wildman–Crippen LogP) is 3.91. The topological polar surface area (TPSA) is 34.1 Å². The minimum absolute atomic E-state index is 0.449. The van der Waals surface area contributed by atoms with Gasteiger partial charge < -0.3 is 10.1 Å². The third kappa shape index (κ3) is 2.63. The van der Waals surface area contributed by atoms with Crippen molar-refractivity contribution >= 4 is 16.6 Å². The highest BCUT2D eigenvalue weighted by Gasteiger charge is 2.21. The quantitative estimate of drug-likeness (QED) is 0.918. The molecule has 1 saturated carbocycles. The van der Waals surface area contributed by atoms with Crippen molar-refractivity contribution in [1.29, 1.82) is 0 Å². The molecular formula is C17H22N2O. The van der Waals surface area contributed by atoms with Crippen LogP contribution in [0.15, 0.2) is 30.5 Å². The number of nitrogens with one attached hydrogen (secondary N) is 1. The molecule has 0 unspecified atom stereocenters. The lowest BCUT2D eigenvalue weighted by molar-refractivity contribution is 0.0682. The summed E-state index contributed by atoms with van der Waals surface area (Å²) < 4.78 is 5.44. The molecule has 1 fully saturated rings. The summed E-state index contributed by atoms with van der Waals surface area (Å²) in [4.78, 5) is 4.50. The van der Waals surface area contributed by atoms with Crippen LogP contribution < -0.4 is 5.32 Å². The van der Waals surface area contributed by atoms with Gasteiger partial charge in [-0.2, -0.15) is 0 Å². The van der Waals surface area contributed by atoms with E-state index in [9.17, 15) is 0 Å². The minimum atomic E-state index is 0.449. The Morgan fingerprint density at radius 2 is 1.95 bits per heavy atom. The summed E-state index contributed by atoms with van der Waals surface area (Å²) in [6.07, 6.45) is 6.96. The second-order valence-electron chi connectivity index (χ2n) is 5.68. The van der Waals surface area contributed by atoms with Crippen LogP contribution in [0.1, 0.15) is 31.2 Å². The Labute approximate surface area is 120 Å². The molecule has 3 heteroatoms. The Kier molecular flexibility index (Phi) is 3.88. The zero-order valence-corrected chi connectivity index (χ0v) is 12.2. The number of fused-ring (bicyclic) bond motifs is 1. The van der Waals surface area contributed by atoms with Gasteiger partial charge in [0.05, 0.1) is 11.6 Å². The van der Waals surface area contributed by atoms with E-state index < -0.39 is 0 Å². The molecule has 0 bridgehead atoms. The van der Waals surface area contributed by atoms with Crippen molar-refractivity contribution < 1.29 is 4.74 Å². The number of nitrogens with zero attached hydrogens (tertiary/aromatic N) is 1. The van der Waals surface area contributed by atoms with Crippen LogP contribution in [-0.4, -0.2) is 24.2 Å². The first kappa shape index (κ1) is 13.4. The number of methoxy groups -OCH3 is 1. The maximum absolute atomic E-state index is 5.44. The van der Waals surface area contributed by atoms with E-state index in [4.69, 9.17) is 4.74 Å². The lowest BCUT2D eigenvalue weighted by Gasteiger charge is -2.29. The molecular weight excluding hydrogens is 248 g/mol. The third-order valence-corrected chi connectivity index (χ3v) is 4.34. The molecule has 1 heterocycles. The maximum atomic E-state index is 5.44. The van der Waals surface area contributed by atoms with E-state index in [1.807, 2.05) is 19.4 Å². The van der Waals surface area contributed by atoms with E-state index in [1.54, 1.807) is 0 Å². The van der Waals surface area contributed by atoms with Gasteiger partial charge in [-0.3, -0.25) is 4.98 Å². The van der Waals surface area contributed by atoms with E-state index in [1.165, 1.54) is 29.5 Å². The molecule has 1 aliphatic carbocycles. The zero-order chi connectivity index (χ0) is 13.9. The standard InChI is InChI=1S/C17H22N2O/c1-12-5-10-16(15-4-3-11-18-17(12)15)19-13-6-8-14(20-2)9-7-13/h3-5,10-11,13-14,19H,6-9H2,1-2H3. The van der Waals surface area contributed by atoms with E-state index in [0.29, 0.717) is 12.1 Å². The summed E-state index contributed by atoms with van der Waals surface area (Å²) in [5, 5.41) is 4.92. The number of aryl methyl sites for hydroxylation is 1. The van der Waals surface area contributed by atoms with Crippen molar-refractivity contribution in [2.24, 2.45) is 0 Å². The molecule has 0 spiro atoms. The van der Waals surface area contributed by atoms with Gasteiger partial charge in [0.25, 0.3) is 0 Å². The number of anilines is 1. The Morgan fingerprint density at radius 3 is 2.70 bits per heavy atom. The summed E-state index contributed by atoms with van der Waals surface area (Å²) >= 11 is 0. The minimum Gasteiger partial charge on any atom is -0.382 e. The molecule has 0 saturated heterocycles. The van der Waals surface area contributed by atoms with Crippen LogP contribution in [0.3, 0.4) is 0 Å². The third-order valence-electron chi connectivity index (χ3n) is 4.34. The van der Waals surface area contributed by atoms with Crippen LogP contribution >= 0.6 is 0 Å². The molecule has 0 aliphatic heterocycles. The fourth-order valence-corrected chi connectivity index (χ4v) is 3.10. The fourth-order valence-electron chi connectivity index (χ4n) is 3.10. The molecule has 0 atom stereocenters. The van der Waals surface area contributed by atoms with Gasteiger partial charge in [0, 0.05) is 30.4 Å². The number of pyridine rings is 1. The second kappa shape index (κ2) is 5.80. The molecule has 0 radical (unpaired) electrons. The van der Waals surface area contributed by atoms with Gasteiger partial charge in [0.15, 0.2) is 0 Å². The van der Waals surface area contributed by atoms with Crippen LogP contribution in [0, 0.1) is 6.92 Å². The Balaban J connectivity index is 1.80. The number of benzene rings is 1. The second-order valence-corrected chi connectivity index (χ2v) is 5.68. The van der Waals surface area contributed by atoms with Crippen LogP contribution in [0.4, 0.5) is 5.69 Å². The normalized spacial score (nSPS) is 22.9. The number of ether oxygens (including phenoxy) is 1. The number of hydrogen-bond acceptors (Lipinski definition) is 3. The number of rotatable bonds is 3. The molecule has 1 aromatic carbocycles. The molecule has 1 N–H and O–H groups in total. The highest BCUT2D eigenvalue weighted by atomic mass is 16.5. The molecule has 3 rings (SSSR count). The molecule has 0 amide bonds. The maximum Gasteiger partial charge on any atom is 0.0751 e. The fraction of sp³-hybridized carbons (Fsp3) is 0.471. The predicted molar refractivity (Wildman–Crippen MR) is 83.2 cm³/mol. The lowest BCUT2D eigenvalue weighted by atomic mass is 9.92. The van der Waals surface area contributed by atoms with Crippen LogP contribution in [0.5, 0.6) is 0 Å². The molecule has 106 valence electrons. The first-order valence-corrected chi connectivity index (χ1v) is 7.41. The van der Waals surface area contributed by atoms with Gasteiger partial charge >= 0.3 is 0 Å². The van der Waals surface area contributed by atoms with Crippen molar-refractivity contribution in [2.45, 2.75) is 44.8 Å². The van der Waals surface area contributed by atoms with Gasteiger partial charge in [-0.25, -0.2) is 0 Å². The molecule has 1 aromatic heterocycles. The van der Waals surface area contributed by atoms with Crippen LogP contribution in [0.25, 0.3) is 10.9 Å². The Hall–Kier alpha value is -1.61. The van der Waals surface area contributed by atoms with E-state index in [-0.39, 0.29) is 0 Å². The smallest absolute Gasteiger partial charge is 0.0751 e. The van der Waals surface area contributed by atoms with Gasteiger partial charge in [-0.05, 0) is 56.4 Å². The number of aromatic nitrogens is 1. The zero-order valence-electron chi connectivity index (χ0n) is 12.2. The summed E-state index contributed by atoms with van der Waals surface area (Å²) in [5.41, 5.74) is 3.54. The van der Waals surface area contributed by atoms with Crippen LogP contribution in [0.2, 0.25) is 0 Å². The van der Waals surface area contributed by atoms with E-state index in [2.05, 4.69) is 35.4 Å². The average Bonchev–Trinajstić information content (AvgIpc) is 2.51. The summed E-state index contributed by atoms with van der Waals surface area (Å²) in [6, 6.07) is 9.04. The summed E-state index contributed by atoms with van der Waals surface area (Å²) in [5.74, 6) is 0. The van der Waals surface area contributed by atoms with Gasteiger partial charge in [-0.15, -0.1) is 0 Å². The van der Waals surface area contributed by atoms with E-state index >= 15 is 0 Å². The highest BCUT2D eigenvalue weighted by molar-refractivity contribution is 5.93. The van der Waals surface area contributed by atoms with E-state index in [0.717, 1.165) is 18.4 Å². The largest absolute Gasteiger partial charge is 0.382 e. The van der Waals surface area contributed by atoms with Crippen molar-refractivity contribution in [3.8, 4) is 0 Å². The van der Waals surface area contributed by atoms with Crippen molar-refractivity contribution in [3.63, 3.8) is 0 Å². The van der Waals surface area contributed by atoms with Gasteiger partial charge in [0.1, 0.15) is 0 Å². The van der Waals surface area contributed by atoms with Crippen LogP contribution in [-0.2, 0) is 4.74 Å². The van der Waals surface area contributed by atoms with Crippen molar-refractivity contribution in [1.82, 2.24) is 4.98 Å². The molecule has 3 nitrogen and oxygen atoms in total. The van der Waals surface area contributed by atoms with Crippen molar-refractivity contribution in [3.05, 3.63) is 36.0 Å². The summed E-state index contributed by atoms with van der Waals surface area (Å²) in [6.45, 7) is 2.11. The Bertz CT molecular complexity index is 589. The Morgan fingerprint density at radius 1 is 1.15 bits per heavy atom. The molecule has 1 aliphatic rings. The van der Waals surface area contributed by atoms with Crippen molar-refractivity contribution in [2.75, 3.05) is 12.4 Å².